The van der Waals surface area contributed by atoms with Gasteiger partial charge in [0.15, 0.2) is 0 Å². The highest BCUT2D eigenvalue weighted by molar-refractivity contribution is 8.15. The topological polar surface area (TPSA) is 81.4 Å². The van der Waals surface area contributed by atoms with Crippen LogP contribution in [0, 0.1) is 19.8 Å². The molecule has 2 heterocycles. The Bertz CT molecular complexity index is 908. The summed E-state index contributed by atoms with van der Waals surface area (Å²) in [4.78, 5) is 27.7. The van der Waals surface area contributed by atoms with Crippen molar-refractivity contribution in [2.45, 2.75) is 70.3 Å². The SMILES string of the molecule is Cc1ccc(-c2nc(CO[C@H]3CCC[C@@H](CCC4SC(=O)NC4=O)C3)c(C)o2)cc1. The second-order valence-electron chi connectivity index (χ2n) is 8.31. The predicted molar refractivity (Wildman–Crippen MR) is 116 cm³/mol. The van der Waals surface area contributed by atoms with E-state index in [0.29, 0.717) is 18.4 Å². The Balaban J connectivity index is 1.28. The summed E-state index contributed by atoms with van der Waals surface area (Å²) in [7, 11) is 0. The van der Waals surface area contributed by atoms with Gasteiger partial charge in [-0.2, -0.15) is 0 Å². The summed E-state index contributed by atoms with van der Waals surface area (Å²) in [6.07, 6.45) is 6.25. The van der Waals surface area contributed by atoms with Gasteiger partial charge >= 0.3 is 0 Å². The minimum atomic E-state index is -0.225. The monoisotopic (exact) mass is 428 g/mol. The van der Waals surface area contributed by atoms with E-state index in [1.807, 2.05) is 19.1 Å². The number of benzene rings is 1. The van der Waals surface area contributed by atoms with E-state index in [2.05, 4.69) is 29.4 Å². The molecule has 1 saturated carbocycles. The molecule has 7 heteroatoms. The van der Waals surface area contributed by atoms with E-state index in [1.54, 1.807) is 0 Å². The van der Waals surface area contributed by atoms with Crippen LogP contribution < -0.4 is 5.32 Å². The number of ether oxygens (including phenoxy) is 1. The van der Waals surface area contributed by atoms with E-state index in [0.717, 1.165) is 67.3 Å². The number of hydrogen-bond donors (Lipinski definition) is 1. The largest absolute Gasteiger partial charge is 0.441 e. The zero-order valence-corrected chi connectivity index (χ0v) is 18.3. The molecular formula is C23H28N2O4S. The average molecular weight is 429 g/mol. The molecule has 1 saturated heterocycles. The van der Waals surface area contributed by atoms with Crippen LogP contribution in [-0.2, 0) is 16.1 Å². The van der Waals surface area contributed by atoms with Crippen molar-refractivity contribution in [3.05, 3.63) is 41.3 Å². The van der Waals surface area contributed by atoms with E-state index >= 15 is 0 Å². The van der Waals surface area contributed by atoms with Crippen molar-refractivity contribution in [2.24, 2.45) is 5.92 Å². The van der Waals surface area contributed by atoms with Gasteiger partial charge in [0, 0.05) is 5.56 Å². The fourth-order valence-electron chi connectivity index (χ4n) is 4.20. The summed E-state index contributed by atoms with van der Waals surface area (Å²) >= 11 is 1.12. The van der Waals surface area contributed by atoms with Crippen LogP contribution in [0.25, 0.3) is 11.5 Å². The van der Waals surface area contributed by atoms with Gasteiger partial charge in [-0.05, 0) is 57.6 Å². The molecule has 2 fully saturated rings. The van der Waals surface area contributed by atoms with Crippen molar-refractivity contribution in [1.29, 1.82) is 0 Å². The molecule has 30 heavy (non-hydrogen) atoms. The Hall–Kier alpha value is -2.12. The van der Waals surface area contributed by atoms with Gasteiger partial charge < -0.3 is 9.15 Å². The molecule has 1 unspecified atom stereocenters. The summed E-state index contributed by atoms with van der Waals surface area (Å²) < 4.78 is 12.1. The molecule has 0 radical (unpaired) electrons. The number of nitrogens with one attached hydrogen (secondary N) is 1. The number of carbonyl (C=O) groups is 2. The third-order valence-electron chi connectivity index (χ3n) is 5.99. The van der Waals surface area contributed by atoms with Crippen molar-refractivity contribution < 1.29 is 18.7 Å². The molecule has 1 N–H and O–H groups in total. The molecule has 0 bridgehead atoms. The van der Waals surface area contributed by atoms with Crippen LogP contribution in [0.5, 0.6) is 0 Å². The summed E-state index contributed by atoms with van der Waals surface area (Å²) in [6, 6.07) is 8.15. The molecule has 2 aliphatic rings. The normalized spacial score (nSPS) is 24.3. The molecule has 3 atom stereocenters. The Labute approximate surface area is 181 Å². The zero-order valence-electron chi connectivity index (χ0n) is 17.5. The first-order valence-electron chi connectivity index (χ1n) is 10.6. The minimum Gasteiger partial charge on any atom is -0.441 e. The van der Waals surface area contributed by atoms with Gasteiger partial charge in [-0.3, -0.25) is 14.9 Å². The van der Waals surface area contributed by atoms with Gasteiger partial charge in [-0.1, -0.05) is 42.3 Å². The fourth-order valence-corrected chi connectivity index (χ4v) is 5.04. The Kier molecular flexibility index (Phi) is 6.58. The molecular weight excluding hydrogens is 400 g/mol. The zero-order chi connectivity index (χ0) is 21.1. The highest BCUT2D eigenvalue weighted by atomic mass is 32.2. The van der Waals surface area contributed by atoms with Crippen molar-refractivity contribution in [1.82, 2.24) is 10.3 Å². The van der Waals surface area contributed by atoms with Gasteiger partial charge in [0.25, 0.3) is 5.24 Å². The van der Waals surface area contributed by atoms with Gasteiger partial charge in [0.1, 0.15) is 11.5 Å². The predicted octanol–water partition coefficient (Wildman–Crippen LogP) is 5.17. The lowest BCUT2D eigenvalue weighted by molar-refractivity contribution is -0.119. The third kappa shape index (κ3) is 5.13. The lowest BCUT2D eigenvalue weighted by atomic mass is 9.84. The van der Waals surface area contributed by atoms with Crippen LogP contribution in [0.1, 0.15) is 55.5 Å². The molecule has 4 rings (SSSR count). The first-order chi connectivity index (χ1) is 14.5. The molecule has 160 valence electrons. The molecule has 6 nitrogen and oxygen atoms in total. The van der Waals surface area contributed by atoms with Crippen LogP contribution >= 0.6 is 11.8 Å². The number of carbonyl (C=O) groups excluding carboxylic acids is 2. The lowest BCUT2D eigenvalue weighted by Gasteiger charge is -2.29. The van der Waals surface area contributed by atoms with E-state index in [1.165, 1.54) is 5.56 Å². The third-order valence-corrected chi connectivity index (χ3v) is 7.04. The molecule has 2 aromatic rings. The van der Waals surface area contributed by atoms with Crippen LogP contribution in [-0.4, -0.2) is 27.5 Å². The summed E-state index contributed by atoms with van der Waals surface area (Å²) in [6.45, 7) is 4.44. The standard InChI is InChI=1S/C23H28N2O4S/c1-14-6-9-17(10-7-14)22-24-19(15(2)29-22)13-28-18-5-3-4-16(12-18)8-11-20-21(26)25-23(27)30-20/h6-7,9-10,16,18,20H,3-5,8,11-13H2,1-2H3,(H,25,26,27)/t16-,18-,20?/m0/s1. The quantitative estimate of drug-likeness (QED) is 0.655. The summed E-state index contributed by atoms with van der Waals surface area (Å²) in [5.41, 5.74) is 3.03. The number of nitrogens with zero attached hydrogens (tertiary/aromatic N) is 1. The lowest BCUT2D eigenvalue weighted by Crippen LogP contribution is -2.26. The number of oxazole rings is 1. The number of amides is 2. The van der Waals surface area contributed by atoms with Crippen molar-refractivity contribution in [3.63, 3.8) is 0 Å². The van der Waals surface area contributed by atoms with Crippen molar-refractivity contribution in [3.8, 4) is 11.5 Å². The van der Waals surface area contributed by atoms with E-state index < -0.39 is 0 Å². The molecule has 1 aliphatic carbocycles. The minimum absolute atomic E-state index is 0.139. The number of hydrogen-bond acceptors (Lipinski definition) is 6. The summed E-state index contributed by atoms with van der Waals surface area (Å²) in [5, 5.41) is 1.92. The highest BCUT2D eigenvalue weighted by Gasteiger charge is 2.32. The second-order valence-corrected chi connectivity index (χ2v) is 9.49. The van der Waals surface area contributed by atoms with Gasteiger partial charge in [-0.15, -0.1) is 0 Å². The number of aryl methyl sites for hydroxylation is 2. The van der Waals surface area contributed by atoms with Gasteiger partial charge in [-0.25, -0.2) is 4.98 Å². The Morgan fingerprint density at radius 1 is 1.17 bits per heavy atom. The highest BCUT2D eigenvalue weighted by Crippen LogP contribution is 2.33. The smallest absolute Gasteiger partial charge is 0.286 e. The van der Waals surface area contributed by atoms with Crippen LogP contribution in [0.15, 0.2) is 28.7 Å². The van der Waals surface area contributed by atoms with E-state index in [4.69, 9.17) is 9.15 Å². The molecule has 1 aliphatic heterocycles. The second kappa shape index (κ2) is 9.35. The van der Waals surface area contributed by atoms with Gasteiger partial charge in [0.05, 0.1) is 18.0 Å². The Morgan fingerprint density at radius 2 is 1.97 bits per heavy atom. The molecule has 0 spiro atoms. The maximum Gasteiger partial charge on any atom is 0.286 e. The van der Waals surface area contributed by atoms with E-state index in [9.17, 15) is 9.59 Å². The van der Waals surface area contributed by atoms with E-state index in [-0.39, 0.29) is 22.5 Å². The number of aromatic nitrogens is 1. The average Bonchev–Trinajstić information content (AvgIpc) is 3.26. The fraction of sp³-hybridized carbons (Fsp3) is 0.522. The van der Waals surface area contributed by atoms with Crippen molar-refractivity contribution in [2.75, 3.05) is 0 Å². The van der Waals surface area contributed by atoms with Crippen LogP contribution in [0.4, 0.5) is 4.79 Å². The number of rotatable bonds is 7. The first kappa shape index (κ1) is 21.1. The van der Waals surface area contributed by atoms with Gasteiger partial charge in [0.2, 0.25) is 11.8 Å². The van der Waals surface area contributed by atoms with Crippen LogP contribution in [0.2, 0.25) is 0 Å². The first-order valence-corrected chi connectivity index (χ1v) is 11.5. The summed E-state index contributed by atoms with van der Waals surface area (Å²) in [5.74, 6) is 1.83. The Morgan fingerprint density at radius 3 is 2.70 bits per heavy atom. The van der Waals surface area contributed by atoms with Crippen LogP contribution in [0.3, 0.4) is 0 Å². The number of thioether (sulfide) groups is 1. The molecule has 1 aromatic heterocycles. The maximum atomic E-state index is 11.7. The van der Waals surface area contributed by atoms with Crippen molar-refractivity contribution >= 4 is 22.9 Å². The number of imide groups is 1. The molecule has 2 amide bonds. The maximum absolute atomic E-state index is 11.7. The molecule has 1 aromatic carbocycles.